The summed E-state index contributed by atoms with van der Waals surface area (Å²) in [4.78, 5) is 10.6. The summed E-state index contributed by atoms with van der Waals surface area (Å²) in [6.45, 7) is 6.53. The lowest BCUT2D eigenvalue weighted by atomic mass is 10.3. The summed E-state index contributed by atoms with van der Waals surface area (Å²) in [7, 11) is 0. The van der Waals surface area contributed by atoms with Crippen LogP contribution in [0.5, 0.6) is 0 Å². The van der Waals surface area contributed by atoms with Gasteiger partial charge in [-0.3, -0.25) is 4.79 Å². The van der Waals surface area contributed by atoms with Gasteiger partial charge in [0.25, 0.3) is 0 Å². The number of carbonyl (C=O) groups excluding carboxylic acids is 1. The Hall–Kier alpha value is -1.09. The Balaban J connectivity index is 3.73. The predicted octanol–water partition coefficient (Wildman–Crippen LogP) is -0.165. The second-order valence-corrected chi connectivity index (χ2v) is 1.74. The van der Waals surface area contributed by atoms with Crippen molar-refractivity contribution in [3.8, 4) is 0 Å². The number of hydrogen-bond acceptors (Lipinski definition) is 2. The zero-order chi connectivity index (χ0) is 7.98. The number of hydrogen-bond donors (Lipinski definition) is 2. The largest absolute Gasteiger partial charge is 0.394 e. The smallest absolute Gasteiger partial charge is 0.243 e. The Kier molecular flexibility index (Phi) is 4.24. The van der Waals surface area contributed by atoms with E-state index in [9.17, 15) is 4.79 Å². The first-order valence-corrected chi connectivity index (χ1v) is 2.91. The molecule has 0 bridgehead atoms. The van der Waals surface area contributed by atoms with E-state index in [-0.39, 0.29) is 18.6 Å². The molecule has 0 aliphatic carbocycles. The fourth-order valence-corrected chi connectivity index (χ4v) is 0.421. The highest BCUT2D eigenvalue weighted by Gasteiger charge is 2.02. The van der Waals surface area contributed by atoms with Crippen LogP contribution in [0.4, 0.5) is 0 Å². The molecule has 0 rings (SSSR count). The van der Waals surface area contributed by atoms with Gasteiger partial charge in [0.1, 0.15) is 0 Å². The first-order valence-electron chi connectivity index (χ1n) is 2.91. The first-order chi connectivity index (χ1) is 4.74. The minimum atomic E-state index is -0.370. The molecule has 0 aliphatic heterocycles. The molecule has 0 aromatic carbocycles. The normalized spacial score (nSPS) is 11.7. The number of aliphatic hydroxyl groups is 1. The van der Waals surface area contributed by atoms with Crippen molar-refractivity contribution in [1.29, 1.82) is 0 Å². The highest BCUT2D eigenvalue weighted by Crippen LogP contribution is 1.81. The van der Waals surface area contributed by atoms with E-state index in [0.717, 1.165) is 6.08 Å². The van der Waals surface area contributed by atoms with Crippen LogP contribution in [0.3, 0.4) is 0 Å². The number of rotatable bonds is 4. The number of carbonyl (C=O) groups is 1. The summed E-state index contributed by atoms with van der Waals surface area (Å²) in [5, 5.41) is 11.0. The molecule has 10 heavy (non-hydrogen) atoms. The van der Waals surface area contributed by atoms with Gasteiger partial charge in [-0.1, -0.05) is 12.7 Å². The van der Waals surface area contributed by atoms with Gasteiger partial charge in [0.15, 0.2) is 0 Å². The van der Waals surface area contributed by atoms with Crippen molar-refractivity contribution in [2.24, 2.45) is 0 Å². The zero-order valence-electron chi connectivity index (χ0n) is 5.71. The Bertz CT molecular complexity index is 143. The van der Waals surface area contributed by atoms with Crippen LogP contribution in [-0.4, -0.2) is 23.7 Å². The van der Waals surface area contributed by atoms with Crippen molar-refractivity contribution in [3.05, 3.63) is 25.3 Å². The summed E-state index contributed by atoms with van der Waals surface area (Å²) in [5.41, 5.74) is 0. The van der Waals surface area contributed by atoms with Crippen LogP contribution in [0.25, 0.3) is 0 Å². The first kappa shape index (κ1) is 8.91. The van der Waals surface area contributed by atoms with E-state index in [1.54, 1.807) is 0 Å². The summed E-state index contributed by atoms with van der Waals surface area (Å²) >= 11 is 0. The third-order valence-corrected chi connectivity index (χ3v) is 0.994. The lowest BCUT2D eigenvalue weighted by Crippen LogP contribution is -2.34. The standard InChI is InChI=1S/C7H11NO2/c1-3-6(5-9)8-7(10)4-2/h3-4,6,9H,1-2,5H2,(H,8,10). The molecular weight excluding hydrogens is 130 g/mol. The fourth-order valence-electron chi connectivity index (χ4n) is 0.421. The molecule has 3 nitrogen and oxygen atoms in total. The van der Waals surface area contributed by atoms with Gasteiger partial charge in [-0.05, 0) is 6.08 Å². The van der Waals surface area contributed by atoms with E-state index in [4.69, 9.17) is 5.11 Å². The van der Waals surface area contributed by atoms with Crippen molar-refractivity contribution >= 4 is 5.91 Å². The number of nitrogens with one attached hydrogen (secondary N) is 1. The van der Waals surface area contributed by atoms with Crippen LogP contribution in [0.15, 0.2) is 25.3 Å². The average molecular weight is 141 g/mol. The minimum Gasteiger partial charge on any atom is -0.394 e. The third-order valence-electron chi connectivity index (χ3n) is 0.994. The molecule has 0 fully saturated rings. The molecule has 1 unspecified atom stereocenters. The topological polar surface area (TPSA) is 49.3 Å². The summed E-state index contributed by atoms with van der Waals surface area (Å²) < 4.78 is 0. The van der Waals surface area contributed by atoms with Gasteiger partial charge in [-0.15, -0.1) is 6.58 Å². The van der Waals surface area contributed by atoms with E-state index in [0.29, 0.717) is 0 Å². The SMILES string of the molecule is C=CC(=O)NC(C=C)CO. The van der Waals surface area contributed by atoms with Gasteiger partial charge in [-0.25, -0.2) is 0 Å². The average Bonchev–Trinajstić information content (AvgIpc) is 1.99. The lowest BCUT2D eigenvalue weighted by Gasteiger charge is -2.08. The van der Waals surface area contributed by atoms with Crippen molar-refractivity contribution in [2.75, 3.05) is 6.61 Å². The van der Waals surface area contributed by atoms with Gasteiger partial charge in [0.05, 0.1) is 12.6 Å². The van der Waals surface area contributed by atoms with E-state index in [1.807, 2.05) is 0 Å². The van der Waals surface area contributed by atoms with Crippen LogP contribution in [0.2, 0.25) is 0 Å². The quantitative estimate of drug-likeness (QED) is 0.422. The van der Waals surface area contributed by atoms with Gasteiger partial charge in [0, 0.05) is 0 Å². The maximum Gasteiger partial charge on any atom is 0.243 e. The molecule has 0 saturated carbocycles. The molecule has 0 aromatic heterocycles. The van der Waals surface area contributed by atoms with Crippen LogP contribution >= 0.6 is 0 Å². The van der Waals surface area contributed by atoms with Gasteiger partial charge < -0.3 is 10.4 Å². The summed E-state index contributed by atoms with van der Waals surface area (Å²) in [6, 6.07) is -0.370. The Morgan fingerprint density at radius 2 is 2.30 bits per heavy atom. The van der Waals surface area contributed by atoms with Crippen molar-refractivity contribution in [1.82, 2.24) is 5.32 Å². The second-order valence-electron chi connectivity index (χ2n) is 1.74. The van der Waals surface area contributed by atoms with Gasteiger partial charge >= 0.3 is 0 Å². The van der Waals surface area contributed by atoms with Gasteiger partial charge in [-0.2, -0.15) is 0 Å². The second kappa shape index (κ2) is 4.76. The molecule has 0 aliphatic rings. The van der Waals surface area contributed by atoms with Gasteiger partial charge in [0.2, 0.25) is 5.91 Å². The van der Waals surface area contributed by atoms with E-state index in [1.165, 1.54) is 6.08 Å². The van der Waals surface area contributed by atoms with Crippen LogP contribution in [-0.2, 0) is 4.79 Å². The Labute approximate surface area is 60.1 Å². The molecule has 2 N–H and O–H groups in total. The summed E-state index contributed by atoms with van der Waals surface area (Å²) in [6.07, 6.45) is 2.60. The molecule has 0 spiro atoms. The molecule has 56 valence electrons. The molecule has 1 atom stereocenters. The monoisotopic (exact) mass is 141 g/mol. The summed E-state index contributed by atoms with van der Waals surface area (Å²) in [5.74, 6) is -0.307. The van der Waals surface area contributed by atoms with Crippen LogP contribution in [0, 0.1) is 0 Å². The zero-order valence-corrected chi connectivity index (χ0v) is 5.71. The van der Waals surface area contributed by atoms with Crippen LogP contribution < -0.4 is 5.32 Å². The lowest BCUT2D eigenvalue weighted by molar-refractivity contribution is -0.117. The Morgan fingerprint density at radius 3 is 2.60 bits per heavy atom. The minimum absolute atomic E-state index is 0.136. The van der Waals surface area contributed by atoms with Crippen molar-refractivity contribution in [2.45, 2.75) is 6.04 Å². The van der Waals surface area contributed by atoms with Crippen molar-refractivity contribution < 1.29 is 9.90 Å². The number of amides is 1. The van der Waals surface area contributed by atoms with E-state index >= 15 is 0 Å². The molecule has 3 heteroatoms. The van der Waals surface area contributed by atoms with E-state index < -0.39 is 0 Å². The fraction of sp³-hybridized carbons (Fsp3) is 0.286. The molecular formula is C7H11NO2. The number of aliphatic hydroxyl groups excluding tert-OH is 1. The molecule has 0 radical (unpaired) electrons. The maximum absolute atomic E-state index is 10.6. The maximum atomic E-state index is 10.6. The highest BCUT2D eigenvalue weighted by molar-refractivity contribution is 5.87. The van der Waals surface area contributed by atoms with E-state index in [2.05, 4.69) is 18.5 Å². The predicted molar refractivity (Wildman–Crippen MR) is 39.4 cm³/mol. The third kappa shape index (κ3) is 3.04. The molecule has 1 amide bonds. The van der Waals surface area contributed by atoms with Crippen molar-refractivity contribution in [3.63, 3.8) is 0 Å². The Morgan fingerprint density at radius 1 is 1.70 bits per heavy atom. The molecule has 0 heterocycles. The highest BCUT2D eigenvalue weighted by atomic mass is 16.3. The van der Waals surface area contributed by atoms with Crippen LogP contribution in [0.1, 0.15) is 0 Å². The molecule has 0 aromatic rings. The molecule has 0 saturated heterocycles.